The summed E-state index contributed by atoms with van der Waals surface area (Å²) in [6, 6.07) is 8.51. The lowest BCUT2D eigenvalue weighted by atomic mass is 10.1. The van der Waals surface area contributed by atoms with Crippen LogP contribution in [0.3, 0.4) is 0 Å². The molecule has 27 heavy (non-hydrogen) atoms. The fraction of sp³-hybridized carbons (Fsp3) is 0.263. The van der Waals surface area contributed by atoms with Crippen molar-refractivity contribution in [2.75, 3.05) is 17.2 Å². The molecular weight excluding hydrogens is 455 g/mol. The minimum absolute atomic E-state index is 0.0205. The van der Waals surface area contributed by atoms with Crippen molar-refractivity contribution in [1.82, 2.24) is 0 Å². The molecule has 0 atom stereocenters. The van der Waals surface area contributed by atoms with Gasteiger partial charge < -0.3 is 15.4 Å². The smallest absolute Gasteiger partial charge is 0.262 e. The summed E-state index contributed by atoms with van der Waals surface area (Å²) >= 11 is 15.3. The number of carbonyl (C=O) groups is 2. The molecule has 0 unspecified atom stereocenters. The molecule has 0 saturated heterocycles. The normalized spacial score (nSPS) is 13.2. The Morgan fingerprint density at radius 3 is 2.59 bits per heavy atom. The topological polar surface area (TPSA) is 67.4 Å². The van der Waals surface area contributed by atoms with E-state index in [9.17, 15) is 9.59 Å². The van der Waals surface area contributed by atoms with E-state index in [-0.39, 0.29) is 24.3 Å². The van der Waals surface area contributed by atoms with Crippen molar-refractivity contribution in [3.05, 3.63) is 50.4 Å². The van der Waals surface area contributed by atoms with Gasteiger partial charge in [0.2, 0.25) is 5.91 Å². The van der Waals surface area contributed by atoms with Gasteiger partial charge in [-0.15, -0.1) is 0 Å². The first-order valence-corrected chi connectivity index (χ1v) is 9.87. The molecule has 0 aromatic heterocycles. The number of amides is 2. The van der Waals surface area contributed by atoms with Gasteiger partial charge in [0.25, 0.3) is 5.91 Å². The van der Waals surface area contributed by atoms with Crippen LogP contribution >= 0.6 is 39.1 Å². The summed E-state index contributed by atoms with van der Waals surface area (Å²) < 4.78 is 6.06. The Bertz CT molecular complexity index is 878. The Labute approximate surface area is 175 Å². The first-order valence-electron chi connectivity index (χ1n) is 8.32. The van der Waals surface area contributed by atoms with Gasteiger partial charge in [-0.25, -0.2) is 0 Å². The number of benzene rings is 2. The third kappa shape index (κ3) is 5.37. The van der Waals surface area contributed by atoms with Gasteiger partial charge in [-0.05, 0) is 65.5 Å². The van der Waals surface area contributed by atoms with Gasteiger partial charge in [0, 0.05) is 22.3 Å². The number of carbonyl (C=O) groups excluding carboxylic acids is 2. The van der Waals surface area contributed by atoms with Crippen LogP contribution in [0.25, 0.3) is 0 Å². The van der Waals surface area contributed by atoms with Crippen LogP contribution in [0.2, 0.25) is 10.0 Å². The van der Waals surface area contributed by atoms with Gasteiger partial charge >= 0.3 is 0 Å². The van der Waals surface area contributed by atoms with Crippen LogP contribution in [-0.4, -0.2) is 18.4 Å². The predicted octanol–water partition coefficient (Wildman–Crippen LogP) is 5.43. The number of ether oxygens (including phenoxy) is 1. The highest BCUT2D eigenvalue weighted by atomic mass is 79.9. The maximum absolute atomic E-state index is 12.2. The van der Waals surface area contributed by atoms with Crippen molar-refractivity contribution < 1.29 is 14.3 Å². The molecule has 2 N–H and O–H groups in total. The van der Waals surface area contributed by atoms with E-state index in [4.69, 9.17) is 27.9 Å². The molecule has 0 aliphatic heterocycles. The molecule has 0 radical (unpaired) electrons. The van der Waals surface area contributed by atoms with Crippen molar-refractivity contribution in [2.45, 2.75) is 19.8 Å². The Balaban J connectivity index is 1.61. The molecule has 5 nitrogen and oxygen atoms in total. The van der Waals surface area contributed by atoms with Crippen molar-refractivity contribution in [3.63, 3.8) is 0 Å². The Morgan fingerprint density at radius 1 is 1.19 bits per heavy atom. The number of halogens is 3. The molecule has 2 amide bonds. The van der Waals surface area contributed by atoms with E-state index in [1.807, 2.05) is 13.0 Å². The van der Waals surface area contributed by atoms with Gasteiger partial charge in [-0.3, -0.25) is 9.59 Å². The first kappa shape index (κ1) is 20.0. The summed E-state index contributed by atoms with van der Waals surface area (Å²) in [5.41, 5.74) is 2.19. The molecular formula is C19H17BrCl2N2O3. The van der Waals surface area contributed by atoms with Crippen molar-refractivity contribution in [1.29, 1.82) is 0 Å². The second-order valence-corrected chi connectivity index (χ2v) is 8.03. The minimum Gasteiger partial charge on any atom is -0.481 e. The molecule has 0 bridgehead atoms. The monoisotopic (exact) mass is 470 g/mol. The minimum atomic E-state index is -0.351. The fourth-order valence-electron chi connectivity index (χ4n) is 2.42. The number of aryl methyl sites for hydroxylation is 1. The molecule has 1 aliphatic carbocycles. The molecule has 142 valence electrons. The lowest BCUT2D eigenvalue weighted by Crippen LogP contribution is -2.21. The third-order valence-electron chi connectivity index (χ3n) is 4.04. The van der Waals surface area contributed by atoms with E-state index in [1.165, 1.54) is 6.07 Å². The fourth-order valence-corrected chi connectivity index (χ4v) is 3.78. The highest BCUT2D eigenvalue weighted by molar-refractivity contribution is 9.10. The molecule has 1 aliphatic rings. The van der Waals surface area contributed by atoms with E-state index in [0.717, 1.165) is 18.4 Å². The van der Waals surface area contributed by atoms with Gasteiger partial charge in [-0.2, -0.15) is 0 Å². The van der Waals surface area contributed by atoms with E-state index in [2.05, 4.69) is 26.6 Å². The number of hydrogen-bond acceptors (Lipinski definition) is 3. The Hall–Kier alpha value is -1.76. The van der Waals surface area contributed by atoms with E-state index >= 15 is 0 Å². The molecule has 0 spiro atoms. The van der Waals surface area contributed by atoms with Crippen LogP contribution < -0.4 is 15.4 Å². The maximum atomic E-state index is 12.2. The standard InChI is InChI=1S/C19H17BrCl2N2O3/c1-10-2-5-13(8-16(10)24-19(26)11-3-4-11)23-17(25)9-27-18-14(20)6-12(21)7-15(18)22/h2,5-8,11H,3-4,9H2,1H3,(H,23,25)(H,24,26). The van der Waals surface area contributed by atoms with E-state index < -0.39 is 0 Å². The summed E-state index contributed by atoms with van der Waals surface area (Å²) in [6.45, 7) is 1.68. The van der Waals surface area contributed by atoms with Crippen molar-refractivity contribution in [3.8, 4) is 5.75 Å². The average Bonchev–Trinajstić information content (AvgIpc) is 3.42. The number of anilines is 2. The summed E-state index contributed by atoms with van der Waals surface area (Å²) in [5.74, 6) is 0.125. The highest BCUT2D eigenvalue weighted by Crippen LogP contribution is 2.36. The molecule has 2 aromatic rings. The van der Waals surface area contributed by atoms with Crippen LogP contribution in [-0.2, 0) is 9.59 Å². The zero-order valence-electron chi connectivity index (χ0n) is 14.4. The third-order valence-corrected chi connectivity index (χ3v) is 5.13. The van der Waals surface area contributed by atoms with Crippen LogP contribution in [0, 0.1) is 12.8 Å². The number of nitrogens with one attached hydrogen (secondary N) is 2. The zero-order valence-corrected chi connectivity index (χ0v) is 17.5. The van der Waals surface area contributed by atoms with Crippen molar-refractivity contribution >= 4 is 62.3 Å². The lowest BCUT2D eigenvalue weighted by Gasteiger charge is -2.13. The average molecular weight is 472 g/mol. The Kier molecular flexibility index (Phi) is 6.29. The highest BCUT2D eigenvalue weighted by Gasteiger charge is 2.29. The van der Waals surface area contributed by atoms with Gasteiger partial charge in [-0.1, -0.05) is 29.3 Å². The van der Waals surface area contributed by atoms with Gasteiger partial charge in [0.15, 0.2) is 12.4 Å². The van der Waals surface area contributed by atoms with Crippen molar-refractivity contribution in [2.24, 2.45) is 5.92 Å². The second kappa shape index (κ2) is 8.50. The summed E-state index contributed by atoms with van der Waals surface area (Å²) in [6.07, 6.45) is 1.86. The molecule has 2 aromatic carbocycles. The van der Waals surface area contributed by atoms with E-state index in [0.29, 0.717) is 31.6 Å². The predicted molar refractivity (Wildman–Crippen MR) is 111 cm³/mol. The van der Waals surface area contributed by atoms with Gasteiger partial charge in [0.05, 0.1) is 9.50 Å². The number of hydrogen-bond donors (Lipinski definition) is 2. The molecule has 1 fully saturated rings. The molecule has 8 heteroatoms. The number of rotatable bonds is 6. The van der Waals surface area contributed by atoms with E-state index in [1.54, 1.807) is 18.2 Å². The lowest BCUT2D eigenvalue weighted by molar-refractivity contribution is -0.118. The first-order chi connectivity index (χ1) is 12.8. The quantitative estimate of drug-likeness (QED) is 0.590. The Morgan fingerprint density at radius 2 is 1.93 bits per heavy atom. The van der Waals surface area contributed by atoms with Crippen LogP contribution in [0.15, 0.2) is 34.8 Å². The van der Waals surface area contributed by atoms with Crippen LogP contribution in [0.5, 0.6) is 5.75 Å². The summed E-state index contributed by atoms with van der Waals surface area (Å²) in [5, 5.41) is 6.42. The second-order valence-electron chi connectivity index (χ2n) is 6.33. The largest absolute Gasteiger partial charge is 0.481 e. The SMILES string of the molecule is Cc1ccc(NC(=O)COc2c(Cl)cc(Cl)cc2Br)cc1NC(=O)C1CC1. The molecule has 3 rings (SSSR count). The maximum Gasteiger partial charge on any atom is 0.262 e. The summed E-state index contributed by atoms with van der Waals surface area (Å²) in [7, 11) is 0. The zero-order chi connectivity index (χ0) is 19.6. The van der Waals surface area contributed by atoms with Gasteiger partial charge in [0.1, 0.15) is 0 Å². The van der Waals surface area contributed by atoms with Crippen LogP contribution in [0.4, 0.5) is 11.4 Å². The molecule has 0 heterocycles. The van der Waals surface area contributed by atoms with Crippen LogP contribution in [0.1, 0.15) is 18.4 Å². The molecule has 1 saturated carbocycles. The summed E-state index contributed by atoms with van der Waals surface area (Å²) in [4.78, 5) is 24.2.